The predicted octanol–water partition coefficient (Wildman–Crippen LogP) is 4.82. The van der Waals surface area contributed by atoms with Crippen molar-refractivity contribution in [2.45, 2.75) is 12.5 Å². The molecule has 1 aliphatic heterocycles. The Labute approximate surface area is 170 Å². The summed E-state index contributed by atoms with van der Waals surface area (Å²) in [5.41, 5.74) is 2.92. The SMILES string of the molecule is O=C(c1ccccc1F)N1N=C(c2cccs2)C[C@H]1c1cnc2ccccc2n1. The maximum absolute atomic E-state index is 14.3. The topological polar surface area (TPSA) is 58.5 Å². The first kappa shape index (κ1) is 17.6. The molecule has 1 aliphatic rings. The van der Waals surface area contributed by atoms with Gasteiger partial charge in [-0.1, -0.05) is 30.3 Å². The largest absolute Gasteiger partial charge is 0.277 e. The summed E-state index contributed by atoms with van der Waals surface area (Å²) in [4.78, 5) is 23.3. The number of aromatic nitrogens is 2. The molecule has 0 saturated carbocycles. The smallest absolute Gasteiger partial charge is 0.267 e. The number of hydrogen-bond acceptors (Lipinski definition) is 5. The van der Waals surface area contributed by atoms with E-state index in [-0.39, 0.29) is 5.56 Å². The minimum Gasteiger partial charge on any atom is -0.267 e. The summed E-state index contributed by atoms with van der Waals surface area (Å²) in [5.74, 6) is -1.06. The highest BCUT2D eigenvalue weighted by Crippen LogP contribution is 2.34. The molecule has 0 aliphatic carbocycles. The van der Waals surface area contributed by atoms with Crippen LogP contribution in [0.15, 0.2) is 77.3 Å². The fourth-order valence-corrected chi connectivity index (χ4v) is 4.13. The molecule has 3 heterocycles. The van der Waals surface area contributed by atoms with Crippen LogP contribution in [0.2, 0.25) is 0 Å². The van der Waals surface area contributed by atoms with Crippen molar-refractivity contribution in [2.75, 3.05) is 0 Å². The molecule has 142 valence electrons. The quantitative estimate of drug-likeness (QED) is 0.494. The maximum Gasteiger partial charge on any atom is 0.277 e. The Hall–Kier alpha value is -3.45. The van der Waals surface area contributed by atoms with E-state index in [0.717, 1.165) is 21.6 Å². The van der Waals surface area contributed by atoms with Crippen molar-refractivity contribution in [3.8, 4) is 0 Å². The number of amides is 1. The van der Waals surface area contributed by atoms with Gasteiger partial charge in [0.15, 0.2) is 0 Å². The van der Waals surface area contributed by atoms with Crippen molar-refractivity contribution in [3.05, 3.63) is 94.2 Å². The lowest BCUT2D eigenvalue weighted by atomic mass is 10.1. The van der Waals surface area contributed by atoms with Gasteiger partial charge in [-0.3, -0.25) is 9.78 Å². The Morgan fingerprint density at radius 3 is 2.62 bits per heavy atom. The standard InChI is InChI=1S/C22H15FN4OS/c23-15-7-2-1-6-14(15)22(28)27-20(12-18(26-27)21-10-5-11-29-21)19-13-24-16-8-3-4-9-17(16)25-19/h1-11,13,20H,12H2/t20-/m0/s1. The van der Waals surface area contributed by atoms with E-state index in [1.807, 2.05) is 41.8 Å². The van der Waals surface area contributed by atoms with Crippen molar-refractivity contribution in [1.29, 1.82) is 0 Å². The third kappa shape index (κ3) is 3.19. The Morgan fingerprint density at radius 2 is 1.83 bits per heavy atom. The Balaban J connectivity index is 1.58. The number of carbonyl (C=O) groups is 1. The number of thiophene rings is 1. The molecule has 0 fully saturated rings. The first-order valence-electron chi connectivity index (χ1n) is 9.12. The molecule has 0 N–H and O–H groups in total. The minimum atomic E-state index is -0.569. The Kier molecular flexibility index (Phi) is 4.37. The number of halogens is 1. The molecule has 2 aromatic heterocycles. The van der Waals surface area contributed by atoms with Gasteiger partial charge in [0.2, 0.25) is 0 Å². The summed E-state index contributed by atoms with van der Waals surface area (Å²) >= 11 is 1.55. The van der Waals surface area contributed by atoms with Crippen LogP contribution in [0.5, 0.6) is 0 Å². The van der Waals surface area contributed by atoms with Crippen LogP contribution in [-0.2, 0) is 0 Å². The van der Waals surface area contributed by atoms with E-state index in [9.17, 15) is 9.18 Å². The molecule has 0 bridgehead atoms. The first-order chi connectivity index (χ1) is 14.2. The van der Waals surface area contributed by atoms with Gasteiger partial charge >= 0.3 is 0 Å². The van der Waals surface area contributed by atoms with Crippen molar-refractivity contribution >= 4 is 34.0 Å². The maximum atomic E-state index is 14.3. The van der Waals surface area contributed by atoms with Gasteiger partial charge in [0.05, 0.1) is 39.1 Å². The zero-order chi connectivity index (χ0) is 19.8. The molecular formula is C22H15FN4OS. The van der Waals surface area contributed by atoms with Gasteiger partial charge in [0.1, 0.15) is 11.9 Å². The number of hydrazone groups is 1. The van der Waals surface area contributed by atoms with Crippen molar-refractivity contribution in [2.24, 2.45) is 5.10 Å². The number of rotatable bonds is 3. The molecule has 5 rings (SSSR count). The summed E-state index contributed by atoms with van der Waals surface area (Å²) in [6.07, 6.45) is 2.16. The molecular weight excluding hydrogens is 387 g/mol. The molecule has 1 atom stereocenters. The highest BCUT2D eigenvalue weighted by Gasteiger charge is 2.36. The summed E-state index contributed by atoms with van der Waals surface area (Å²) in [7, 11) is 0. The Morgan fingerprint density at radius 1 is 1.03 bits per heavy atom. The average Bonchev–Trinajstić information content (AvgIpc) is 3.43. The number of hydrogen-bond donors (Lipinski definition) is 0. The molecule has 4 aromatic rings. The Bertz CT molecular complexity index is 1240. The molecule has 2 aromatic carbocycles. The number of benzene rings is 2. The summed E-state index contributed by atoms with van der Waals surface area (Å²) < 4.78 is 14.3. The summed E-state index contributed by atoms with van der Waals surface area (Å²) in [6.45, 7) is 0. The number of carbonyl (C=O) groups excluding carboxylic acids is 1. The highest BCUT2D eigenvalue weighted by molar-refractivity contribution is 7.12. The predicted molar refractivity (Wildman–Crippen MR) is 110 cm³/mol. The lowest BCUT2D eigenvalue weighted by molar-refractivity contribution is 0.0703. The van der Waals surface area contributed by atoms with Crippen LogP contribution in [-0.4, -0.2) is 26.6 Å². The molecule has 1 amide bonds. The number of fused-ring (bicyclic) bond motifs is 1. The second-order valence-electron chi connectivity index (χ2n) is 6.66. The minimum absolute atomic E-state index is 0.0116. The summed E-state index contributed by atoms with van der Waals surface area (Å²) in [5, 5.41) is 7.86. The second-order valence-corrected chi connectivity index (χ2v) is 7.60. The van der Waals surface area contributed by atoms with Crippen LogP contribution < -0.4 is 0 Å². The van der Waals surface area contributed by atoms with Gasteiger partial charge in [-0.25, -0.2) is 14.4 Å². The zero-order valence-electron chi connectivity index (χ0n) is 15.2. The second kappa shape index (κ2) is 7.18. The fourth-order valence-electron chi connectivity index (χ4n) is 3.41. The molecule has 5 nitrogen and oxygen atoms in total. The van der Waals surface area contributed by atoms with E-state index in [2.05, 4.69) is 10.1 Å². The van der Waals surface area contributed by atoms with Gasteiger partial charge in [-0.05, 0) is 35.7 Å². The third-order valence-corrected chi connectivity index (χ3v) is 5.76. The van der Waals surface area contributed by atoms with E-state index in [1.165, 1.54) is 17.1 Å². The van der Waals surface area contributed by atoms with Crippen molar-refractivity contribution in [1.82, 2.24) is 15.0 Å². The van der Waals surface area contributed by atoms with E-state index in [0.29, 0.717) is 12.1 Å². The highest BCUT2D eigenvalue weighted by atomic mass is 32.1. The molecule has 0 unspecified atom stereocenters. The van der Waals surface area contributed by atoms with Crippen molar-refractivity contribution < 1.29 is 9.18 Å². The fraction of sp³-hybridized carbons (Fsp3) is 0.0909. The number of nitrogens with zero attached hydrogens (tertiary/aromatic N) is 4. The van der Waals surface area contributed by atoms with Crippen LogP contribution in [0.3, 0.4) is 0 Å². The van der Waals surface area contributed by atoms with Crippen LogP contribution in [0.25, 0.3) is 11.0 Å². The van der Waals surface area contributed by atoms with Gasteiger partial charge in [0.25, 0.3) is 5.91 Å². The van der Waals surface area contributed by atoms with E-state index >= 15 is 0 Å². The molecule has 29 heavy (non-hydrogen) atoms. The van der Waals surface area contributed by atoms with Crippen LogP contribution in [0.4, 0.5) is 4.39 Å². The lowest BCUT2D eigenvalue weighted by Gasteiger charge is -2.21. The average molecular weight is 402 g/mol. The molecule has 0 spiro atoms. The molecule has 0 saturated heterocycles. The van der Waals surface area contributed by atoms with Crippen LogP contribution in [0, 0.1) is 5.82 Å². The van der Waals surface area contributed by atoms with Crippen molar-refractivity contribution in [3.63, 3.8) is 0 Å². The van der Waals surface area contributed by atoms with Crippen LogP contribution >= 0.6 is 11.3 Å². The van der Waals surface area contributed by atoms with Gasteiger partial charge < -0.3 is 0 Å². The number of para-hydroxylation sites is 2. The van der Waals surface area contributed by atoms with Gasteiger partial charge in [-0.15, -0.1) is 11.3 Å². The van der Waals surface area contributed by atoms with E-state index < -0.39 is 17.8 Å². The van der Waals surface area contributed by atoms with Gasteiger partial charge in [-0.2, -0.15) is 5.10 Å². The van der Waals surface area contributed by atoms with E-state index in [4.69, 9.17) is 4.98 Å². The summed E-state index contributed by atoms with van der Waals surface area (Å²) in [6, 6.07) is 17.0. The zero-order valence-corrected chi connectivity index (χ0v) is 16.0. The normalized spacial score (nSPS) is 16.2. The molecule has 0 radical (unpaired) electrons. The van der Waals surface area contributed by atoms with E-state index in [1.54, 1.807) is 29.7 Å². The van der Waals surface area contributed by atoms with Gasteiger partial charge in [0, 0.05) is 6.42 Å². The van der Waals surface area contributed by atoms with Crippen LogP contribution in [0.1, 0.15) is 33.4 Å². The molecule has 7 heteroatoms. The monoisotopic (exact) mass is 402 g/mol. The third-order valence-electron chi connectivity index (χ3n) is 4.84. The first-order valence-corrected chi connectivity index (χ1v) is 10.00. The lowest BCUT2D eigenvalue weighted by Crippen LogP contribution is -2.28.